The average Bonchev–Trinajstić information content (AvgIpc) is 2.66. The molecular formula is C10H10BrFN4OS. The second-order valence-corrected chi connectivity index (χ2v) is 5.27. The Hall–Kier alpha value is -1.15. The molecule has 2 aromatic heterocycles. The van der Waals surface area contributed by atoms with Crippen LogP contribution in [0.4, 0.5) is 3.89 Å². The first kappa shape index (κ1) is 13.3. The molecule has 0 bridgehead atoms. The van der Waals surface area contributed by atoms with Crippen molar-refractivity contribution in [1.82, 2.24) is 19.3 Å². The molecule has 18 heavy (non-hydrogen) atoms. The quantitative estimate of drug-likeness (QED) is 0.938. The summed E-state index contributed by atoms with van der Waals surface area (Å²) in [5, 5.41) is 2.74. The van der Waals surface area contributed by atoms with Crippen molar-refractivity contribution >= 4 is 45.3 Å². The van der Waals surface area contributed by atoms with Gasteiger partial charge < -0.3 is 5.32 Å². The van der Waals surface area contributed by atoms with Gasteiger partial charge in [0.15, 0.2) is 18.0 Å². The lowest BCUT2D eigenvalue weighted by atomic mass is 10.2. The van der Waals surface area contributed by atoms with Gasteiger partial charge in [0.05, 0.1) is 11.8 Å². The number of aromatic nitrogens is 3. The van der Waals surface area contributed by atoms with E-state index in [1.54, 1.807) is 0 Å². The molecule has 0 aliphatic carbocycles. The monoisotopic (exact) mass is 332 g/mol. The van der Waals surface area contributed by atoms with Gasteiger partial charge in [-0.15, -0.1) is 3.89 Å². The van der Waals surface area contributed by atoms with Crippen molar-refractivity contribution in [1.29, 1.82) is 0 Å². The van der Waals surface area contributed by atoms with E-state index in [1.165, 1.54) is 16.4 Å². The Labute approximate surface area is 116 Å². The molecule has 1 amide bonds. The summed E-state index contributed by atoms with van der Waals surface area (Å²) in [5.41, 5.74) is 0.991. The second-order valence-electron chi connectivity index (χ2n) is 3.93. The van der Waals surface area contributed by atoms with E-state index in [0.717, 1.165) is 0 Å². The first-order valence-electron chi connectivity index (χ1n) is 5.16. The Kier molecular flexibility index (Phi) is 3.86. The Bertz CT molecular complexity index is 601. The molecule has 2 heterocycles. The molecule has 0 atom stereocenters. The van der Waals surface area contributed by atoms with E-state index in [9.17, 15) is 8.68 Å². The topological polar surface area (TPSA) is 59.8 Å². The highest BCUT2D eigenvalue weighted by atomic mass is 79.9. The molecule has 96 valence electrons. The predicted molar refractivity (Wildman–Crippen MR) is 71.9 cm³/mol. The van der Waals surface area contributed by atoms with Gasteiger partial charge >= 0.3 is 0 Å². The molecule has 0 spiro atoms. The number of rotatable bonds is 3. The van der Waals surface area contributed by atoms with Crippen molar-refractivity contribution < 1.29 is 8.68 Å². The van der Waals surface area contributed by atoms with Crippen molar-refractivity contribution in [2.24, 2.45) is 0 Å². The van der Waals surface area contributed by atoms with Gasteiger partial charge in [-0.2, -0.15) is 0 Å². The summed E-state index contributed by atoms with van der Waals surface area (Å²) in [6.07, 6.45) is 2.85. The summed E-state index contributed by atoms with van der Waals surface area (Å²) in [6.45, 7) is 3.70. The van der Waals surface area contributed by atoms with Crippen LogP contribution in [0.3, 0.4) is 0 Å². The number of hydrogen-bond donors (Lipinski definition) is 1. The third-order valence-electron chi connectivity index (χ3n) is 2.17. The number of nitrogens with zero attached hydrogens (tertiary/aromatic N) is 3. The molecule has 0 saturated heterocycles. The Balaban J connectivity index is 2.56. The minimum absolute atomic E-state index is 0.00552. The van der Waals surface area contributed by atoms with E-state index in [0.29, 0.717) is 21.3 Å². The standard InChI is InChI=1S/C10H10BrFN4OS/c1-5(2)14-10(17)6-4-16(18-12)9-8(6)15-7(11)3-13-9/h3-5H,1-2H3,(H,14,17). The summed E-state index contributed by atoms with van der Waals surface area (Å²) >= 11 is 3.16. The number of hydrogen-bond acceptors (Lipinski definition) is 4. The SMILES string of the molecule is CC(C)NC(=O)c1cn(SF)c2ncc(Br)nc12. The van der Waals surface area contributed by atoms with Gasteiger partial charge in [0.1, 0.15) is 10.1 Å². The largest absolute Gasteiger partial charge is 0.350 e. The fraction of sp³-hybridized carbons (Fsp3) is 0.300. The second kappa shape index (κ2) is 5.23. The van der Waals surface area contributed by atoms with Crippen LogP contribution < -0.4 is 5.32 Å². The lowest BCUT2D eigenvalue weighted by molar-refractivity contribution is 0.0944. The highest BCUT2D eigenvalue weighted by Gasteiger charge is 2.18. The molecule has 0 fully saturated rings. The molecule has 8 heteroatoms. The van der Waals surface area contributed by atoms with Gasteiger partial charge in [0.25, 0.3) is 5.91 Å². The smallest absolute Gasteiger partial charge is 0.255 e. The summed E-state index contributed by atoms with van der Waals surface area (Å²) in [6, 6.07) is -0.00552. The van der Waals surface area contributed by atoms with E-state index < -0.39 is 0 Å². The van der Waals surface area contributed by atoms with Gasteiger partial charge in [0, 0.05) is 12.2 Å². The van der Waals surface area contributed by atoms with Crippen LogP contribution >= 0.6 is 28.3 Å². The Morgan fingerprint density at radius 1 is 1.61 bits per heavy atom. The zero-order valence-electron chi connectivity index (χ0n) is 9.65. The van der Waals surface area contributed by atoms with E-state index in [4.69, 9.17) is 0 Å². The van der Waals surface area contributed by atoms with E-state index in [-0.39, 0.29) is 24.3 Å². The van der Waals surface area contributed by atoms with Crippen LogP contribution in [-0.2, 0) is 0 Å². The van der Waals surface area contributed by atoms with Crippen molar-refractivity contribution in [3.05, 3.63) is 22.6 Å². The maximum absolute atomic E-state index is 12.8. The van der Waals surface area contributed by atoms with Crippen LogP contribution in [0, 0.1) is 0 Å². The maximum Gasteiger partial charge on any atom is 0.255 e. The maximum atomic E-state index is 12.8. The third kappa shape index (κ3) is 2.49. The third-order valence-corrected chi connectivity index (χ3v) is 2.98. The van der Waals surface area contributed by atoms with Crippen LogP contribution in [0.25, 0.3) is 11.2 Å². The summed E-state index contributed by atoms with van der Waals surface area (Å²) in [4.78, 5) is 20.2. The molecule has 0 aromatic carbocycles. The molecule has 0 aliphatic heterocycles. The van der Waals surface area contributed by atoms with Crippen molar-refractivity contribution in [3.63, 3.8) is 0 Å². The minimum Gasteiger partial charge on any atom is -0.350 e. The van der Waals surface area contributed by atoms with Gasteiger partial charge in [-0.25, -0.2) is 13.9 Å². The number of halogens is 2. The van der Waals surface area contributed by atoms with E-state index in [1.807, 2.05) is 13.8 Å². The zero-order valence-corrected chi connectivity index (χ0v) is 12.0. The molecule has 2 aromatic rings. The molecule has 2 rings (SSSR count). The molecular weight excluding hydrogens is 323 g/mol. The normalized spacial score (nSPS) is 11.2. The van der Waals surface area contributed by atoms with Crippen molar-refractivity contribution in [3.8, 4) is 0 Å². The average molecular weight is 333 g/mol. The number of carbonyl (C=O) groups is 1. The van der Waals surface area contributed by atoms with Gasteiger partial charge in [-0.3, -0.25) is 4.79 Å². The fourth-order valence-electron chi connectivity index (χ4n) is 1.50. The van der Waals surface area contributed by atoms with Gasteiger partial charge in [-0.1, -0.05) is 0 Å². The lowest BCUT2D eigenvalue weighted by Gasteiger charge is -2.06. The molecule has 0 saturated carbocycles. The summed E-state index contributed by atoms with van der Waals surface area (Å²) in [5.74, 6) is -0.296. The highest BCUT2D eigenvalue weighted by Crippen LogP contribution is 2.24. The van der Waals surface area contributed by atoms with Crippen LogP contribution in [-0.4, -0.2) is 25.9 Å². The summed E-state index contributed by atoms with van der Waals surface area (Å²) in [7, 11) is 0. The van der Waals surface area contributed by atoms with Crippen LogP contribution in [0.5, 0.6) is 0 Å². The Morgan fingerprint density at radius 2 is 2.33 bits per heavy atom. The molecule has 0 radical (unpaired) electrons. The summed E-state index contributed by atoms with van der Waals surface area (Å²) < 4.78 is 14.4. The zero-order chi connectivity index (χ0) is 13.3. The van der Waals surface area contributed by atoms with Crippen LogP contribution in [0.1, 0.15) is 24.2 Å². The van der Waals surface area contributed by atoms with Crippen molar-refractivity contribution in [2.75, 3.05) is 0 Å². The van der Waals surface area contributed by atoms with Crippen LogP contribution in [0.2, 0.25) is 0 Å². The lowest BCUT2D eigenvalue weighted by Crippen LogP contribution is -2.30. The van der Waals surface area contributed by atoms with Crippen molar-refractivity contribution in [2.45, 2.75) is 19.9 Å². The Morgan fingerprint density at radius 3 is 2.94 bits per heavy atom. The molecule has 0 unspecified atom stereocenters. The fourth-order valence-corrected chi connectivity index (χ4v) is 2.13. The highest BCUT2D eigenvalue weighted by molar-refractivity contribution is 9.10. The first-order chi connectivity index (χ1) is 8.52. The number of amides is 1. The van der Waals surface area contributed by atoms with Gasteiger partial charge in [-0.05, 0) is 29.8 Å². The number of carbonyl (C=O) groups excluding carboxylic acids is 1. The molecule has 5 nitrogen and oxygen atoms in total. The molecule has 1 N–H and O–H groups in total. The minimum atomic E-state index is -0.296. The van der Waals surface area contributed by atoms with E-state index >= 15 is 0 Å². The first-order valence-corrected chi connectivity index (χ1v) is 6.63. The predicted octanol–water partition coefficient (Wildman–Crippen LogP) is 2.71. The van der Waals surface area contributed by atoms with E-state index in [2.05, 4.69) is 31.2 Å². The number of fused-ring (bicyclic) bond motifs is 1. The van der Waals surface area contributed by atoms with Crippen LogP contribution in [0.15, 0.2) is 17.0 Å². The number of nitrogens with one attached hydrogen (secondary N) is 1. The van der Waals surface area contributed by atoms with Gasteiger partial charge in [0.2, 0.25) is 0 Å². The molecule has 0 aliphatic rings.